The molecule has 0 radical (unpaired) electrons. The molecule has 1 aromatic carbocycles. The maximum Gasteiger partial charge on any atom is 0.416 e. The topological polar surface area (TPSA) is 3.24 Å². The molecule has 0 aliphatic heterocycles. The van der Waals surface area contributed by atoms with Gasteiger partial charge in [-0.2, -0.15) is 13.2 Å². The maximum atomic E-state index is 12.7. The van der Waals surface area contributed by atoms with Gasteiger partial charge in [0.05, 0.1) is 5.56 Å². The molecule has 0 N–H and O–H groups in total. The van der Waals surface area contributed by atoms with Crippen molar-refractivity contribution >= 4 is 11.6 Å². The van der Waals surface area contributed by atoms with Crippen molar-refractivity contribution in [1.82, 2.24) is 4.90 Å². The minimum absolute atomic E-state index is 0.461. The predicted molar refractivity (Wildman–Crippen MR) is 74.8 cm³/mol. The van der Waals surface area contributed by atoms with Crippen LogP contribution in [0.25, 0.3) is 0 Å². The molecule has 0 bridgehead atoms. The van der Waals surface area contributed by atoms with E-state index in [4.69, 9.17) is 11.6 Å². The molecule has 2 rings (SSSR count). The first-order valence-electron chi connectivity index (χ1n) is 6.97. The van der Waals surface area contributed by atoms with E-state index in [2.05, 4.69) is 4.90 Å². The molecular formula is C15H19ClF3N. The van der Waals surface area contributed by atoms with Gasteiger partial charge in [0.1, 0.15) is 0 Å². The largest absolute Gasteiger partial charge is 0.416 e. The van der Waals surface area contributed by atoms with Gasteiger partial charge in [0.25, 0.3) is 0 Å². The quantitative estimate of drug-likeness (QED) is 0.713. The molecule has 0 atom stereocenters. The van der Waals surface area contributed by atoms with Gasteiger partial charge in [-0.05, 0) is 24.5 Å². The van der Waals surface area contributed by atoms with Crippen molar-refractivity contribution < 1.29 is 13.2 Å². The van der Waals surface area contributed by atoms with Gasteiger partial charge in [-0.1, -0.05) is 31.0 Å². The van der Waals surface area contributed by atoms with Gasteiger partial charge >= 0.3 is 6.18 Å². The molecule has 0 saturated heterocycles. The minimum atomic E-state index is -4.28. The Balaban J connectivity index is 2.09. The second-order valence-electron chi connectivity index (χ2n) is 5.30. The number of halogens is 4. The normalized spacial score (nSPS) is 17.1. The van der Waals surface area contributed by atoms with Crippen molar-refractivity contribution in [3.8, 4) is 0 Å². The second-order valence-corrected chi connectivity index (χ2v) is 5.67. The smallest absolute Gasteiger partial charge is 0.295 e. The van der Waals surface area contributed by atoms with E-state index >= 15 is 0 Å². The average Bonchev–Trinajstić information content (AvgIpc) is 2.91. The van der Waals surface area contributed by atoms with E-state index in [1.54, 1.807) is 6.07 Å². The molecule has 1 saturated carbocycles. The molecule has 112 valence electrons. The highest BCUT2D eigenvalue weighted by Gasteiger charge is 2.30. The molecule has 1 nitrogen and oxygen atoms in total. The van der Waals surface area contributed by atoms with Gasteiger partial charge in [0.2, 0.25) is 0 Å². The van der Waals surface area contributed by atoms with Crippen LogP contribution < -0.4 is 0 Å². The van der Waals surface area contributed by atoms with E-state index in [9.17, 15) is 13.2 Å². The molecule has 0 spiro atoms. The predicted octanol–water partition coefficient (Wildman–Crippen LogP) is 4.69. The minimum Gasteiger partial charge on any atom is -0.295 e. The summed E-state index contributed by atoms with van der Waals surface area (Å²) in [6.45, 7) is 1.27. The number of alkyl halides is 4. The van der Waals surface area contributed by atoms with Crippen molar-refractivity contribution in [3.63, 3.8) is 0 Å². The number of rotatable bonds is 5. The Morgan fingerprint density at radius 1 is 1.20 bits per heavy atom. The summed E-state index contributed by atoms with van der Waals surface area (Å²) < 4.78 is 38.2. The summed E-state index contributed by atoms with van der Waals surface area (Å²) in [7, 11) is 0. The SMILES string of the molecule is FC(F)(F)c1cccc(CN(CCCl)C2CCCC2)c1. The zero-order valence-electron chi connectivity index (χ0n) is 11.3. The summed E-state index contributed by atoms with van der Waals surface area (Å²) >= 11 is 5.82. The number of benzene rings is 1. The Morgan fingerprint density at radius 3 is 2.50 bits per heavy atom. The van der Waals surface area contributed by atoms with Crippen molar-refractivity contribution in [2.75, 3.05) is 12.4 Å². The van der Waals surface area contributed by atoms with Crippen LogP contribution in [0.15, 0.2) is 24.3 Å². The van der Waals surface area contributed by atoms with Crippen molar-refractivity contribution in [1.29, 1.82) is 0 Å². The van der Waals surface area contributed by atoms with Gasteiger partial charge in [-0.25, -0.2) is 0 Å². The fourth-order valence-corrected chi connectivity index (χ4v) is 3.07. The van der Waals surface area contributed by atoms with E-state index in [-0.39, 0.29) is 0 Å². The van der Waals surface area contributed by atoms with Crippen molar-refractivity contribution in [2.45, 2.75) is 44.4 Å². The third-order valence-electron chi connectivity index (χ3n) is 3.85. The van der Waals surface area contributed by atoms with Crippen LogP contribution in [-0.4, -0.2) is 23.4 Å². The highest BCUT2D eigenvalue weighted by atomic mass is 35.5. The van der Waals surface area contributed by atoms with Crippen molar-refractivity contribution in [3.05, 3.63) is 35.4 Å². The standard InChI is InChI=1S/C15H19ClF3N/c16-8-9-20(14-6-1-2-7-14)11-12-4-3-5-13(10-12)15(17,18)19/h3-5,10,14H,1-2,6-9,11H2. The summed E-state index contributed by atoms with van der Waals surface area (Å²) in [5.74, 6) is 0.509. The highest BCUT2D eigenvalue weighted by Crippen LogP contribution is 2.30. The average molecular weight is 306 g/mol. The molecule has 0 amide bonds. The van der Waals surface area contributed by atoms with Crippen LogP contribution in [0, 0.1) is 0 Å². The van der Waals surface area contributed by atoms with Gasteiger partial charge in [-0.3, -0.25) is 4.90 Å². The van der Waals surface area contributed by atoms with E-state index < -0.39 is 11.7 Å². The summed E-state index contributed by atoms with van der Waals surface area (Å²) in [5.41, 5.74) is 0.129. The fraction of sp³-hybridized carbons (Fsp3) is 0.600. The highest BCUT2D eigenvalue weighted by molar-refractivity contribution is 6.18. The van der Waals surface area contributed by atoms with E-state index in [0.29, 0.717) is 24.0 Å². The zero-order valence-corrected chi connectivity index (χ0v) is 12.1. The van der Waals surface area contributed by atoms with E-state index in [1.807, 2.05) is 0 Å². The van der Waals surface area contributed by atoms with Gasteiger partial charge in [0, 0.05) is 25.0 Å². The molecule has 0 heterocycles. The van der Waals surface area contributed by atoms with Crippen LogP contribution in [0.3, 0.4) is 0 Å². The monoisotopic (exact) mass is 305 g/mol. The summed E-state index contributed by atoms with van der Waals surface area (Å²) in [5, 5.41) is 0. The number of hydrogen-bond donors (Lipinski definition) is 0. The number of nitrogens with zero attached hydrogens (tertiary/aromatic N) is 1. The molecule has 20 heavy (non-hydrogen) atoms. The first-order valence-corrected chi connectivity index (χ1v) is 7.50. The first kappa shape index (κ1) is 15.6. The molecule has 0 aromatic heterocycles. The molecule has 1 fully saturated rings. The van der Waals surface area contributed by atoms with E-state index in [1.165, 1.54) is 25.0 Å². The van der Waals surface area contributed by atoms with Crippen LogP contribution in [0.2, 0.25) is 0 Å². The van der Waals surface area contributed by atoms with Gasteiger partial charge < -0.3 is 0 Å². The lowest BCUT2D eigenvalue weighted by Gasteiger charge is -2.28. The van der Waals surface area contributed by atoms with Crippen LogP contribution in [0.5, 0.6) is 0 Å². The summed E-state index contributed by atoms with van der Waals surface area (Å²) in [6, 6.07) is 6.06. The van der Waals surface area contributed by atoms with Gasteiger partial charge in [0.15, 0.2) is 0 Å². The molecule has 5 heteroatoms. The Morgan fingerprint density at radius 2 is 1.90 bits per heavy atom. The molecule has 1 aliphatic rings. The Hall–Kier alpha value is -0.740. The first-order chi connectivity index (χ1) is 9.50. The third kappa shape index (κ3) is 4.13. The van der Waals surface area contributed by atoms with Crippen LogP contribution in [0.4, 0.5) is 13.2 Å². The lowest BCUT2D eigenvalue weighted by Crippen LogP contribution is -2.34. The van der Waals surface area contributed by atoms with Crippen LogP contribution in [0.1, 0.15) is 36.8 Å². The Bertz CT molecular complexity index is 427. The maximum absolute atomic E-state index is 12.7. The Kier molecular flexibility index (Phi) is 5.33. The van der Waals surface area contributed by atoms with Crippen LogP contribution >= 0.6 is 11.6 Å². The van der Waals surface area contributed by atoms with Crippen molar-refractivity contribution in [2.24, 2.45) is 0 Å². The fourth-order valence-electron chi connectivity index (χ4n) is 2.85. The third-order valence-corrected chi connectivity index (χ3v) is 4.02. The second kappa shape index (κ2) is 6.81. The lowest BCUT2D eigenvalue weighted by atomic mass is 10.1. The summed E-state index contributed by atoms with van der Waals surface area (Å²) in [6.07, 6.45) is 0.366. The number of hydrogen-bond acceptors (Lipinski definition) is 1. The molecule has 1 aromatic rings. The zero-order chi connectivity index (χ0) is 14.6. The summed E-state index contributed by atoms with van der Waals surface area (Å²) in [4.78, 5) is 2.22. The Labute approximate surface area is 122 Å². The van der Waals surface area contributed by atoms with Crippen LogP contribution in [-0.2, 0) is 12.7 Å². The molecule has 0 unspecified atom stereocenters. The molecular weight excluding hydrogens is 287 g/mol. The lowest BCUT2D eigenvalue weighted by molar-refractivity contribution is -0.137. The van der Waals surface area contributed by atoms with E-state index in [0.717, 1.165) is 25.5 Å². The molecule has 1 aliphatic carbocycles. The van der Waals surface area contributed by atoms with Gasteiger partial charge in [-0.15, -0.1) is 11.6 Å².